The monoisotopic (exact) mass is 556 g/mol. The molecule has 1 aliphatic heterocycles. The van der Waals surface area contributed by atoms with Gasteiger partial charge in [-0.1, -0.05) is 43.0 Å². The molecule has 0 saturated carbocycles. The Morgan fingerprint density at radius 3 is 2.38 bits per heavy atom. The molecule has 1 atom stereocenters. The molecule has 0 aliphatic carbocycles. The Morgan fingerprint density at radius 1 is 1.02 bits per heavy atom. The largest absolute Gasteiger partial charge is 0.507 e. The van der Waals surface area contributed by atoms with Gasteiger partial charge in [0.1, 0.15) is 29.6 Å². The van der Waals surface area contributed by atoms with Gasteiger partial charge in [-0.2, -0.15) is 0 Å². The van der Waals surface area contributed by atoms with Gasteiger partial charge in [0.15, 0.2) is 5.13 Å². The van der Waals surface area contributed by atoms with Crippen molar-refractivity contribution in [2.75, 3.05) is 25.2 Å². The zero-order chi connectivity index (χ0) is 28.2. The first-order valence-corrected chi connectivity index (χ1v) is 13.6. The van der Waals surface area contributed by atoms with Crippen LogP contribution in [0.15, 0.2) is 85.0 Å². The Hall–Kier alpha value is -4.63. The summed E-state index contributed by atoms with van der Waals surface area (Å²) in [5.41, 5.74) is 1.65. The van der Waals surface area contributed by atoms with Crippen LogP contribution >= 0.6 is 11.3 Å². The van der Waals surface area contributed by atoms with Gasteiger partial charge in [0, 0.05) is 5.56 Å². The quantitative estimate of drug-likeness (QED) is 0.106. The van der Waals surface area contributed by atoms with Crippen molar-refractivity contribution in [3.05, 3.63) is 96.1 Å². The molecule has 1 unspecified atom stereocenters. The third kappa shape index (κ3) is 5.15. The van der Waals surface area contributed by atoms with Crippen molar-refractivity contribution in [3.8, 4) is 17.2 Å². The van der Waals surface area contributed by atoms with Gasteiger partial charge in [0.05, 0.1) is 35.5 Å². The van der Waals surface area contributed by atoms with E-state index in [2.05, 4.69) is 11.6 Å². The number of rotatable bonds is 10. The van der Waals surface area contributed by atoms with E-state index in [1.165, 1.54) is 16.2 Å². The molecule has 2 heterocycles. The molecule has 1 aromatic heterocycles. The fourth-order valence-corrected chi connectivity index (χ4v) is 5.47. The lowest BCUT2D eigenvalue weighted by molar-refractivity contribution is -0.132. The van der Waals surface area contributed by atoms with E-state index >= 15 is 0 Å². The van der Waals surface area contributed by atoms with Crippen molar-refractivity contribution in [2.24, 2.45) is 0 Å². The van der Waals surface area contributed by atoms with E-state index in [-0.39, 0.29) is 11.3 Å². The molecule has 3 aromatic carbocycles. The van der Waals surface area contributed by atoms with Crippen LogP contribution in [0.1, 0.15) is 30.5 Å². The van der Waals surface area contributed by atoms with E-state index in [0.717, 1.165) is 11.1 Å². The van der Waals surface area contributed by atoms with Crippen LogP contribution in [0.5, 0.6) is 17.2 Å². The number of hydrogen-bond donors (Lipinski definition) is 1. The van der Waals surface area contributed by atoms with Crippen LogP contribution in [0.3, 0.4) is 0 Å². The van der Waals surface area contributed by atoms with Crippen molar-refractivity contribution in [3.63, 3.8) is 0 Å². The number of aliphatic hydroxyl groups excluding tert-OH is 1. The summed E-state index contributed by atoms with van der Waals surface area (Å²) in [4.78, 5) is 33.0. The third-order valence-electron chi connectivity index (χ3n) is 6.40. The van der Waals surface area contributed by atoms with E-state index in [1.54, 1.807) is 73.8 Å². The van der Waals surface area contributed by atoms with Crippen LogP contribution in [0.2, 0.25) is 0 Å². The smallest absolute Gasteiger partial charge is 0.301 e. The van der Waals surface area contributed by atoms with Gasteiger partial charge in [-0.15, -0.1) is 0 Å². The number of aromatic nitrogens is 1. The molecular formula is C31H28N2O6S. The Labute approximate surface area is 235 Å². The van der Waals surface area contributed by atoms with Crippen LogP contribution in [0.4, 0.5) is 5.13 Å². The highest BCUT2D eigenvalue weighted by molar-refractivity contribution is 7.22. The van der Waals surface area contributed by atoms with E-state index in [4.69, 9.17) is 14.2 Å². The summed E-state index contributed by atoms with van der Waals surface area (Å²) >= 11 is 1.27. The van der Waals surface area contributed by atoms with Gasteiger partial charge < -0.3 is 19.3 Å². The van der Waals surface area contributed by atoms with Crippen LogP contribution in [0.25, 0.3) is 16.0 Å². The third-order valence-corrected chi connectivity index (χ3v) is 7.42. The maximum atomic E-state index is 13.5. The number of ketones is 1. The van der Waals surface area contributed by atoms with E-state index in [1.807, 2.05) is 13.0 Å². The van der Waals surface area contributed by atoms with Gasteiger partial charge in [-0.05, 0) is 66.6 Å². The number of methoxy groups -OCH3 is 1. The van der Waals surface area contributed by atoms with Crippen LogP contribution < -0.4 is 19.1 Å². The van der Waals surface area contributed by atoms with Gasteiger partial charge in [0.25, 0.3) is 5.78 Å². The molecule has 1 aliphatic rings. The number of fused-ring (bicyclic) bond motifs is 1. The fraction of sp³-hybridized carbons (Fsp3) is 0.194. The molecule has 204 valence electrons. The second-order valence-corrected chi connectivity index (χ2v) is 10.0. The first-order chi connectivity index (χ1) is 19.4. The number of anilines is 1. The molecule has 5 rings (SSSR count). The maximum Gasteiger partial charge on any atom is 0.301 e. The van der Waals surface area contributed by atoms with Gasteiger partial charge in [0.2, 0.25) is 0 Å². The number of ether oxygens (including phenoxy) is 3. The first kappa shape index (κ1) is 27.0. The molecule has 1 fully saturated rings. The van der Waals surface area contributed by atoms with Crippen molar-refractivity contribution >= 4 is 44.1 Å². The van der Waals surface area contributed by atoms with Crippen molar-refractivity contribution in [2.45, 2.75) is 19.4 Å². The molecular weight excluding hydrogens is 528 g/mol. The molecule has 4 aromatic rings. The normalized spacial score (nSPS) is 16.4. The fourth-order valence-electron chi connectivity index (χ4n) is 4.45. The van der Waals surface area contributed by atoms with Crippen molar-refractivity contribution in [1.29, 1.82) is 0 Å². The Kier molecular flexibility index (Phi) is 7.84. The minimum Gasteiger partial charge on any atom is -0.507 e. The Bertz CT molecular complexity index is 1590. The van der Waals surface area contributed by atoms with Gasteiger partial charge in [-0.3, -0.25) is 14.5 Å². The lowest BCUT2D eigenvalue weighted by Crippen LogP contribution is -2.29. The SMILES string of the molecule is C=CCOc1ccc(C2/C(=C(\O)c3ccc(OCCC)cc3)C(=O)C(=O)N2c2nc3ccc(OC)cc3s2)cc1. The molecule has 0 bridgehead atoms. The first-order valence-electron chi connectivity index (χ1n) is 12.8. The van der Waals surface area contributed by atoms with Crippen LogP contribution in [-0.4, -0.2) is 42.1 Å². The summed E-state index contributed by atoms with van der Waals surface area (Å²) < 4.78 is 17.4. The number of amides is 1. The summed E-state index contributed by atoms with van der Waals surface area (Å²) in [5, 5.41) is 11.8. The molecule has 0 spiro atoms. The summed E-state index contributed by atoms with van der Waals surface area (Å²) in [6, 6.07) is 18.3. The van der Waals surface area contributed by atoms with E-state index in [0.29, 0.717) is 52.2 Å². The number of nitrogens with zero attached hydrogens (tertiary/aromatic N) is 2. The predicted molar refractivity (Wildman–Crippen MR) is 155 cm³/mol. The van der Waals surface area contributed by atoms with E-state index < -0.39 is 17.7 Å². The zero-order valence-corrected chi connectivity index (χ0v) is 22.9. The minimum absolute atomic E-state index is 0.0242. The number of carbonyl (C=O) groups is 2. The standard InChI is InChI=1S/C31H28N2O6S/c1-4-16-38-21-10-6-19(7-11-21)27-26(28(34)20-8-12-22(13-9-20)39-17-5-2)29(35)30(36)33(27)31-32-24-15-14-23(37-3)18-25(24)40-31/h4,6-15,18,27,34H,1,5,16-17H2,2-3H3/b28-26+. The number of thiazole rings is 1. The van der Waals surface area contributed by atoms with Gasteiger partial charge in [-0.25, -0.2) is 4.98 Å². The lowest BCUT2D eigenvalue weighted by Gasteiger charge is -2.23. The Morgan fingerprint density at radius 2 is 1.70 bits per heavy atom. The minimum atomic E-state index is -0.910. The highest BCUT2D eigenvalue weighted by Crippen LogP contribution is 2.45. The van der Waals surface area contributed by atoms with Crippen molar-refractivity contribution in [1.82, 2.24) is 4.98 Å². The molecule has 1 amide bonds. The summed E-state index contributed by atoms with van der Waals surface area (Å²) in [6.07, 6.45) is 2.50. The molecule has 1 N–H and O–H groups in total. The summed E-state index contributed by atoms with van der Waals surface area (Å²) in [6.45, 7) is 6.58. The maximum absolute atomic E-state index is 13.5. The van der Waals surface area contributed by atoms with Gasteiger partial charge >= 0.3 is 5.91 Å². The van der Waals surface area contributed by atoms with Crippen LogP contribution in [-0.2, 0) is 9.59 Å². The van der Waals surface area contributed by atoms with Crippen LogP contribution in [0, 0.1) is 0 Å². The molecule has 40 heavy (non-hydrogen) atoms. The highest BCUT2D eigenvalue weighted by Gasteiger charge is 2.48. The summed E-state index contributed by atoms with van der Waals surface area (Å²) in [5.74, 6) is 0.0706. The summed E-state index contributed by atoms with van der Waals surface area (Å²) in [7, 11) is 1.58. The molecule has 0 radical (unpaired) electrons. The number of hydrogen-bond acceptors (Lipinski definition) is 8. The highest BCUT2D eigenvalue weighted by atomic mass is 32.1. The second-order valence-electron chi connectivity index (χ2n) is 9.04. The molecule has 8 nitrogen and oxygen atoms in total. The molecule has 1 saturated heterocycles. The number of carbonyl (C=O) groups excluding carboxylic acids is 2. The average Bonchev–Trinajstić information content (AvgIpc) is 3.52. The molecule has 9 heteroatoms. The Balaban J connectivity index is 1.62. The average molecular weight is 557 g/mol. The number of Topliss-reactive ketones (excluding diaryl/α,β-unsaturated/α-hetero) is 1. The van der Waals surface area contributed by atoms with Crippen molar-refractivity contribution < 1.29 is 28.9 Å². The number of aliphatic hydroxyl groups is 1. The lowest BCUT2D eigenvalue weighted by atomic mass is 9.95. The number of benzene rings is 3. The zero-order valence-electron chi connectivity index (χ0n) is 22.1. The second kappa shape index (κ2) is 11.6. The van der Waals surface area contributed by atoms with E-state index in [9.17, 15) is 14.7 Å². The predicted octanol–water partition coefficient (Wildman–Crippen LogP) is 6.28. The topological polar surface area (TPSA) is 98.2 Å².